The summed E-state index contributed by atoms with van der Waals surface area (Å²) in [5, 5.41) is 31.4. The molecule has 0 saturated carbocycles. The molecular formula is C16H31NO5. The van der Waals surface area contributed by atoms with Crippen LogP contribution in [0.5, 0.6) is 0 Å². The van der Waals surface area contributed by atoms with Crippen molar-refractivity contribution in [1.82, 2.24) is 5.32 Å². The Labute approximate surface area is 132 Å². The van der Waals surface area contributed by atoms with Crippen LogP contribution in [0.3, 0.4) is 0 Å². The topological polar surface area (TPSA) is 99.0 Å². The van der Waals surface area contributed by atoms with Gasteiger partial charge in [0.25, 0.3) is 0 Å². The molecule has 0 bridgehead atoms. The number of aliphatic hydroxyl groups is 3. The van der Waals surface area contributed by atoms with Crippen molar-refractivity contribution in [2.75, 3.05) is 13.2 Å². The molecular weight excluding hydrogens is 286 g/mol. The lowest BCUT2D eigenvalue weighted by atomic mass is 9.98. The summed E-state index contributed by atoms with van der Waals surface area (Å²) in [7, 11) is 0. The van der Waals surface area contributed by atoms with Crippen molar-refractivity contribution in [2.45, 2.75) is 76.7 Å². The molecule has 1 aliphatic heterocycles. The largest absolute Gasteiger partial charge is 0.394 e. The van der Waals surface area contributed by atoms with Crippen LogP contribution in [0.4, 0.5) is 0 Å². The molecule has 0 spiro atoms. The zero-order valence-corrected chi connectivity index (χ0v) is 13.7. The quantitative estimate of drug-likeness (QED) is 0.466. The first-order valence-corrected chi connectivity index (χ1v) is 8.33. The Bertz CT molecular complexity index is 324. The van der Waals surface area contributed by atoms with Crippen molar-refractivity contribution in [3.05, 3.63) is 0 Å². The minimum absolute atomic E-state index is 0.101. The van der Waals surface area contributed by atoms with Crippen LogP contribution in [0.15, 0.2) is 0 Å². The first-order chi connectivity index (χ1) is 10.5. The Morgan fingerprint density at radius 3 is 2.50 bits per heavy atom. The van der Waals surface area contributed by atoms with Gasteiger partial charge in [0.05, 0.1) is 19.3 Å². The van der Waals surface area contributed by atoms with Gasteiger partial charge in [-0.2, -0.15) is 0 Å². The molecule has 4 atom stereocenters. The third-order valence-electron chi connectivity index (χ3n) is 4.09. The van der Waals surface area contributed by atoms with Crippen molar-refractivity contribution < 1.29 is 24.9 Å². The second-order valence-corrected chi connectivity index (χ2v) is 6.56. The standard InChI is InChI=1S/C16H31NO5/c1-11(2)7-5-3-4-6-8-14(19)17-12-10-22-13(9-18)16(21)15(12)20/h11-13,15-16,18,20-21H,3-10H2,1-2H3,(H,17,19)/t12-,13+,15+,16+/m0/s1. The molecule has 1 saturated heterocycles. The van der Waals surface area contributed by atoms with Gasteiger partial charge in [-0.05, 0) is 12.3 Å². The van der Waals surface area contributed by atoms with Crippen LogP contribution in [0.1, 0.15) is 52.4 Å². The van der Waals surface area contributed by atoms with Crippen molar-refractivity contribution in [3.8, 4) is 0 Å². The molecule has 0 radical (unpaired) electrons. The van der Waals surface area contributed by atoms with Gasteiger partial charge in [0.1, 0.15) is 18.3 Å². The second-order valence-electron chi connectivity index (χ2n) is 6.56. The summed E-state index contributed by atoms with van der Waals surface area (Å²) in [6, 6.07) is -0.619. The summed E-state index contributed by atoms with van der Waals surface area (Å²) in [4.78, 5) is 11.8. The molecule has 4 N–H and O–H groups in total. The Morgan fingerprint density at radius 2 is 1.86 bits per heavy atom. The minimum Gasteiger partial charge on any atom is -0.394 e. The van der Waals surface area contributed by atoms with E-state index in [0.717, 1.165) is 25.2 Å². The zero-order chi connectivity index (χ0) is 16.5. The summed E-state index contributed by atoms with van der Waals surface area (Å²) >= 11 is 0. The van der Waals surface area contributed by atoms with E-state index < -0.39 is 24.4 Å². The molecule has 1 aliphatic rings. The molecule has 1 heterocycles. The maximum Gasteiger partial charge on any atom is 0.220 e. The fourth-order valence-electron chi connectivity index (χ4n) is 2.64. The number of aliphatic hydroxyl groups excluding tert-OH is 3. The van der Waals surface area contributed by atoms with Gasteiger partial charge in [-0.15, -0.1) is 0 Å². The van der Waals surface area contributed by atoms with Crippen LogP contribution < -0.4 is 5.32 Å². The maximum atomic E-state index is 11.8. The van der Waals surface area contributed by atoms with E-state index in [1.807, 2.05) is 0 Å². The Hall–Kier alpha value is -0.690. The fraction of sp³-hybridized carbons (Fsp3) is 0.938. The molecule has 6 heteroatoms. The maximum absolute atomic E-state index is 11.8. The minimum atomic E-state index is -1.18. The number of hydrogen-bond acceptors (Lipinski definition) is 5. The van der Waals surface area contributed by atoms with Gasteiger partial charge in [0.2, 0.25) is 5.91 Å². The van der Waals surface area contributed by atoms with E-state index in [9.17, 15) is 15.0 Å². The number of ether oxygens (including phenoxy) is 1. The van der Waals surface area contributed by atoms with E-state index in [0.29, 0.717) is 6.42 Å². The van der Waals surface area contributed by atoms with Gasteiger partial charge in [0.15, 0.2) is 0 Å². The highest BCUT2D eigenvalue weighted by atomic mass is 16.5. The molecule has 0 aromatic carbocycles. The van der Waals surface area contributed by atoms with E-state index in [1.165, 1.54) is 12.8 Å². The smallest absolute Gasteiger partial charge is 0.220 e. The number of hydrogen-bond donors (Lipinski definition) is 4. The first kappa shape index (κ1) is 19.4. The second kappa shape index (κ2) is 10.2. The third kappa shape index (κ3) is 6.60. The van der Waals surface area contributed by atoms with Gasteiger partial charge in [0, 0.05) is 6.42 Å². The average Bonchev–Trinajstić information content (AvgIpc) is 2.47. The molecule has 22 heavy (non-hydrogen) atoms. The zero-order valence-electron chi connectivity index (χ0n) is 13.7. The Balaban J connectivity index is 2.17. The number of amides is 1. The van der Waals surface area contributed by atoms with E-state index in [2.05, 4.69) is 19.2 Å². The Morgan fingerprint density at radius 1 is 1.18 bits per heavy atom. The lowest BCUT2D eigenvalue weighted by molar-refractivity contribution is -0.164. The molecule has 130 valence electrons. The molecule has 0 aliphatic carbocycles. The normalized spacial score (nSPS) is 28.8. The van der Waals surface area contributed by atoms with Crippen molar-refractivity contribution in [2.24, 2.45) is 5.92 Å². The summed E-state index contributed by atoms with van der Waals surface area (Å²) in [6.45, 7) is 4.17. The molecule has 1 amide bonds. The van der Waals surface area contributed by atoms with E-state index >= 15 is 0 Å². The highest BCUT2D eigenvalue weighted by Crippen LogP contribution is 2.16. The molecule has 0 unspecified atom stereocenters. The van der Waals surface area contributed by atoms with Gasteiger partial charge < -0.3 is 25.4 Å². The molecule has 0 aromatic heterocycles. The lowest BCUT2D eigenvalue weighted by Gasteiger charge is -2.37. The van der Waals surface area contributed by atoms with Gasteiger partial charge >= 0.3 is 0 Å². The van der Waals surface area contributed by atoms with Gasteiger partial charge in [-0.1, -0.05) is 39.5 Å². The number of unbranched alkanes of at least 4 members (excludes halogenated alkanes) is 3. The van der Waals surface area contributed by atoms with Gasteiger partial charge in [-0.3, -0.25) is 4.79 Å². The molecule has 1 rings (SSSR count). The number of carbonyl (C=O) groups is 1. The van der Waals surface area contributed by atoms with Crippen molar-refractivity contribution in [1.29, 1.82) is 0 Å². The van der Waals surface area contributed by atoms with Crippen LogP contribution in [0.25, 0.3) is 0 Å². The predicted molar refractivity (Wildman–Crippen MR) is 83.3 cm³/mol. The van der Waals surface area contributed by atoms with Crippen LogP contribution in [-0.4, -0.2) is 58.8 Å². The third-order valence-corrected chi connectivity index (χ3v) is 4.09. The highest BCUT2D eigenvalue weighted by Gasteiger charge is 2.38. The summed E-state index contributed by atoms with van der Waals surface area (Å²) in [6.07, 6.45) is 2.76. The van der Waals surface area contributed by atoms with E-state index in [-0.39, 0.29) is 19.1 Å². The predicted octanol–water partition coefficient (Wildman–Crippen LogP) is 0.581. The fourth-order valence-corrected chi connectivity index (χ4v) is 2.64. The average molecular weight is 317 g/mol. The van der Waals surface area contributed by atoms with Crippen molar-refractivity contribution >= 4 is 5.91 Å². The Kier molecular flexibility index (Phi) is 8.93. The summed E-state index contributed by atoms with van der Waals surface area (Å²) < 4.78 is 5.23. The van der Waals surface area contributed by atoms with E-state index in [1.54, 1.807) is 0 Å². The first-order valence-electron chi connectivity index (χ1n) is 8.33. The number of nitrogens with one attached hydrogen (secondary N) is 1. The number of carbonyl (C=O) groups excluding carboxylic acids is 1. The van der Waals surface area contributed by atoms with Crippen LogP contribution >= 0.6 is 0 Å². The molecule has 1 fully saturated rings. The SMILES string of the molecule is CC(C)CCCCCCC(=O)N[C@H]1CO[C@H](CO)[C@@H](O)[C@@H]1O. The van der Waals surface area contributed by atoms with Crippen LogP contribution in [0.2, 0.25) is 0 Å². The summed E-state index contributed by atoms with van der Waals surface area (Å²) in [5.41, 5.74) is 0. The van der Waals surface area contributed by atoms with E-state index in [4.69, 9.17) is 9.84 Å². The lowest BCUT2D eigenvalue weighted by Crippen LogP contribution is -2.59. The van der Waals surface area contributed by atoms with Crippen molar-refractivity contribution in [3.63, 3.8) is 0 Å². The molecule has 6 nitrogen and oxygen atoms in total. The number of rotatable bonds is 9. The molecule has 0 aromatic rings. The van der Waals surface area contributed by atoms with Gasteiger partial charge in [-0.25, -0.2) is 0 Å². The summed E-state index contributed by atoms with van der Waals surface area (Å²) in [5.74, 6) is 0.594. The highest BCUT2D eigenvalue weighted by molar-refractivity contribution is 5.76. The monoisotopic (exact) mass is 317 g/mol. The van der Waals surface area contributed by atoms with Crippen LogP contribution in [-0.2, 0) is 9.53 Å². The van der Waals surface area contributed by atoms with Crippen LogP contribution in [0, 0.1) is 5.92 Å².